The minimum absolute atomic E-state index is 0.0210. The third kappa shape index (κ3) is 4.99. The quantitative estimate of drug-likeness (QED) is 0.857. The lowest BCUT2D eigenvalue weighted by molar-refractivity contribution is -0.122. The Balaban J connectivity index is 2.38. The summed E-state index contributed by atoms with van der Waals surface area (Å²) in [5.74, 6) is -0.459. The van der Waals surface area contributed by atoms with E-state index in [0.717, 1.165) is 12.0 Å². The molecule has 1 rings (SSSR count). The van der Waals surface area contributed by atoms with Crippen LogP contribution in [-0.2, 0) is 11.2 Å². The Morgan fingerprint density at radius 2 is 1.72 bits per heavy atom. The molecule has 0 saturated carbocycles. The Kier molecular flexibility index (Phi) is 5.36. The number of nitrogens with one attached hydrogen (secondary N) is 2. The predicted octanol–water partition coefficient (Wildman–Crippen LogP) is 2.10. The smallest absolute Gasteiger partial charge is 0.321 e. The predicted molar refractivity (Wildman–Crippen MR) is 71.1 cm³/mol. The molecule has 0 aliphatic heterocycles. The second-order valence-corrected chi connectivity index (χ2v) is 4.71. The lowest BCUT2D eigenvalue weighted by Gasteiger charge is -2.14. The number of benzene rings is 1. The van der Waals surface area contributed by atoms with Crippen LogP contribution in [0.2, 0.25) is 0 Å². The van der Waals surface area contributed by atoms with Crippen LogP contribution in [0.15, 0.2) is 30.3 Å². The first-order chi connectivity index (χ1) is 8.49. The highest BCUT2D eigenvalue weighted by atomic mass is 16.2. The number of amides is 3. The molecule has 98 valence electrons. The number of hydrogen-bond acceptors (Lipinski definition) is 2. The molecule has 0 aliphatic carbocycles. The maximum atomic E-state index is 11.5. The molecule has 1 aromatic rings. The van der Waals surface area contributed by atoms with Crippen molar-refractivity contribution in [3.8, 4) is 0 Å². The molecule has 4 heteroatoms. The van der Waals surface area contributed by atoms with E-state index < -0.39 is 6.03 Å². The molecule has 0 bridgehead atoms. The number of carbonyl (C=O) groups is 2. The van der Waals surface area contributed by atoms with E-state index in [4.69, 9.17) is 0 Å². The fourth-order valence-electron chi connectivity index (χ4n) is 1.53. The van der Waals surface area contributed by atoms with Crippen molar-refractivity contribution in [2.45, 2.75) is 33.2 Å². The Labute approximate surface area is 108 Å². The lowest BCUT2D eigenvalue weighted by Crippen LogP contribution is -2.45. The molecule has 3 amide bonds. The summed E-state index contributed by atoms with van der Waals surface area (Å²) in [6.45, 7) is 5.40. The van der Waals surface area contributed by atoms with E-state index in [-0.39, 0.29) is 17.9 Å². The van der Waals surface area contributed by atoms with Gasteiger partial charge in [-0.1, -0.05) is 44.2 Å². The number of rotatable bonds is 4. The summed E-state index contributed by atoms with van der Waals surface area (Å²) in [5, 5.41) is 5.05. The van der Waals surface area contributed by atoms with E-state index in [1.54, 1.807) is 13.8 Å². The van der Waals surface area contributed by atoms with Gasteiger partial charge in [0.05, 0.1) is 0 Å². The molecule has 1 aromatic carbocycles. The highest BCUT2D eigenvalue weighted by molar-refractivity contribution is 5.95. The zero-order chi connectivity index (χ0) is 13.5. The molecule has 0 fully saturated rings. The molecule has 0 aromatic heterocycles. The molecule has 0 radical (unpaired) electrons. The molecule has 0 spiro atoms. The van der Waals surface area contributed by atoms with Gasteiger partial charge in [0.15, 0.2) is 0 Å². The van der Waals surface area contributed by atoms with Crippen LogP contribution in [0.3, 0.4) is 0 Å². The number of imide groups is 1. The van der Waals surface area contributed by atoms with E-state index in [1.807, 2.05) is 37.3 Å². The first-order valence-corrected chi connectivity index (χ1v) is 6.14. The van der Waals surface area contributed by atoms with Crippen molar-refractivity contribution in [1.29, 1.82) is 0 Å². The summed E-state index contributed by atoms with van der Waals surface area (Å²) in [6.07, 6.45) is 0.740. The molecule has 0 saturated heterocycles. The molecular weight excluding hydrogens is 228 g/mol. The van der Waals surface area contributed by atoms with Crippen molar-refractivity contribution in [2.75, 3.05) is 0 Å². The van der Waals surface area contributed by atoms with Gasteiger partial charge in [0.25, 0.3) is 0 Å². The lowest BCUT2D eigenvalue weighted by atomic mass is 10.1. The molecule has 0 aliphatic rings. The van der Waals surface area contributed by atoms with Gasteiger partial charge in [0.2, 0.25) is 5.91 Å². The van der Waals surface area contributed by atoms with Crippen LogP contribution in [0.1, 0.15) is 26.3 Å². The van der Waals surface area contributed by atoms with Crippen LogP contribution in [0.4, 0.5) is 4.79 Å². The molecule has 2 N–H and O–H groups in total. The van der Waals surface area contributed by atoms with Gasteiger partial charge in [0, 0.05) is 12.0 Å². The topological polar surface area (TPSA) is 58.2 Å². The highest BCUT2D eigenvalue weighted by Gasteiger charge is 2.13. The summed E-state index contributed by atoms with van der Waals surface area (Å²) >= 11 is 0. The maximum absolute atomic E-state index is 11.5. The fourth-order valence-corrected chi connectivity index (χ4v) is 1.53. The molecule has 4 nitrogen and oxygen atoms in total. The zero-order valence-electron chi connectivity index (χ0n) is 11.1. The van der Waals surface area contributed by atoms with Crippen LogP contribution in [0.5, 0.6) is 0 Å². The van der Waals surface area contributed by atoms with E-state index >= 15 is 0 Å². The van der Waals surface area contributed by atoms with Crippen LogP contribution in [-0.4, -0.2) is 18.0 Å². The van der Waals surface area contributed by atoms with Crippen LogP contribution in [0, 0.1) is 5.92 Å². The van der Waals surface area contributed by atoms with Gasteiger partial charge < -0.3 is 5.32 Å². The van der Waals surface area contributed by atoms with Gasteiger partial charge >= 0.3 is 6.03 Å². The summed E-state index contributed by atoms with van der Waals surface area (Å²) in [4.78, 5) is 22.8. The standard InChI is InChI=1S/C14H20N2O2/c1-10(2)13(17)16-14(18)15-11(3)9-12-7-5-4-6-8-12/h4-8,10-11H,9H2,1-3H3,(H2,15,16,17,18). The average Bonchev–Trinajstić information content (AvgIpc) is 2.29. The van der Waals surface area contributed by atoms with Crippen molar-refractivity contribution < 1.29 is 9.59 Å². The van der Waals surface area contributed by atoms with Crippen molar-refractivity contribution in [2.24, 2.45) is 5.92 Å². The number of urea groups is 1. The third-order valence-electron chi connectivity index (χ3n) is 2.52. The van der Waals surface area contributed by atoms with Crippen molar-refractivity contribution in [3.63, 3.8) is 0 Å². The summed E-state index contributed by atoms with van der Waals surface area (Å²) in [6, 6.07) is 9.44. The molecule has 0 heterocycles. The second kappa shape index (κ2) is 6.79. The first-order valence-electron chi connectivity index (χ1n) is 6.14. The monoisotopic (exact) mass is 248 g/mol. The normalized spacial score (nSPS) is 12.0. The van der Waals surface area contributed by atoms with E-state index in [9.17, 15) is 9.59 Å². The summed E-state index contributed by atoms with van der Waals surface area (Å²) < 4.78 is 0. The van der Waals surface area contributed by atoms with E-state index in [2.05, 4.69) is 10.6 Å². The Morgan fingerprint density at radius 3 is 2.28 bits per heavy atom. The minimum Gasteiger partial charge on any atom is -0.335 e. The van der Waals surface area contributed by atoms with Crippen LogP contribution >= 0.6 is 0 Å². The van der Waals surface area contributed by atoms with Gasteiger partial charge in [0.1, 0.15) is 0 Å². The second-order valence-electron chi connectivity index (χ2n) is 4.71. The SMILES string of the molecule is CC(Cc1ccccc1)NC(=O)NC(=O)C(C)C. The maximum Gasteiger partial charge on any atom is 0.321 e. The minimum atomic E-state index is -0.433. The number of carbonyl (C=O) groups excluding carboxylic acids is 2. The Morgan fingerprint density at radius 1 is 1.11 bits per heavy atom. The zero-order valence-corrected chi connectivity index (χ0v) is 11.1. The van der Waals surface area contributed by atoms with Crippen molar-refractivity contribution in [1.82, 2.24) is 10.6 Å². The van der Waals surface area contributed by atoms with Gasteiger partial charge in [-0.3, -0.25) is 10.1 Å². The largest absolute Gasteiger partial charge is 0.335 e. The Hall–Kier alpha value is -1.84. The van der Waals surface area contributed by atoms with Gasteiger partial charge in [-0.2, -0.15) is 0 Å². The van der Waals surface area contributed by atoms with Gasteiger partial charge in [-0.15, -0.1) is 0 Å². The molecule has 1 atom stereocenters. The summed E-state index contributed by atoms with van der Waals surface area (Å²) in [7, 11) is 0. The van der Waals surface area contributed by atoms with Crippen molar-refractivity contribution >= 4 is 11.9 Å². The first kappa shape index (κ1) is 14.2. The average molecular weight is 248 g/mol. The van der Waals surface area contributed by atoms with Gasteiger partial charge in [-0.05, 0) is 18.9 Å². The van der Waals surface area contributed by atoms with E-state index in [0.29, 0.717) is 0 Å². The number of hydrogen-bond donors (Lipinski definition) is 2. The van der Waals surface area contributed by atoms with Crippen molar-refractivity contribution in [3.05, 3.63) is 35.9 Å². The molecular formula is C14H20N2O2. The van der Waals surface area contributed by atoms with Gasteiger partial charge in [-0.25, -0.2) is 4.79 Å². The van der Waals surface area contributed by atoms with Crippen LogP contribution < -0.4 is 10.6 Å². The molecule has 18 heavy (non-hydrogen) atoms. The highest BCUT2D eigenvalue weighted by Crippen LogP contribution is 2.02. The third-order valence-corrected chi connectivity index (χ3v) is 2.52. The van der Waals surface area contributed by atoms with Crippen LogP contribution in [0.25, 0.3) is 0 Å². The Bertz CT molecular complexity index is 402. The summed E-state index contributed by atoms with van der Waals surface area (Å²) in [5.41, 5.74) is 1.15. The molecule has 1 unspecified atom stereocenters. The van der Waals surface area contributed by atoms with E-state index in [1.165, 1.54) is 0 Å². The fraction of sp³-hybridized carbons (Fsp3) is 0.429.